The number of ketones is 1. The summed E-state index contributed by atoms with van der Waals surface area (Å²) in [6.07, 6.45) is 13.3. The van der Waals surface area contributed by atoms with Crippen molar-refractivity contribution in [1.29, 1.82) is 0 Å². The lowest BCUT2D eigenvalue weighted by Gasteiger charge is -2.25. The van der Waals surface area contributed by atoms with Crippen LogP contribution in [0.1, 0.15) is 77.0 Å². The van der Waals surface area contributed by atoms with Crippen LogP contribution in [0.15, 0.2) is 0 Å². The van der Waals surface area contributed by atoms with Gasteiger partial charge in [-0.3, -0.25) is 4.79 Å². The maximum Gasteiger partial charge on any atom is 0.161 e. The predicted octanol–water partition coefficient (Wildman–Crippen LogP) is 3.86. The molecule has 0 bridgehead atoms. The summed E-state index contributed by atoms with van der Waals surface area (Å²) in [5.41, 5.74) is 0. The first-order chi connectivity index (χ1) is 8.75. The van der Waals surface area contributed by atoms with Gasteiger partial charge in [-0.05, 0) is 18.3 Å². The quantitative estimate of drug-likeness (QED) is 0.758. The number of carbonyl (C=O) groups is 1. The Balaban J connectivity index is 1.69. The van der Waals surface area contributed by atoms with E-state index in [9.17, 15) is 9.90 Å². The molecule has 0 aromatic carbocycles. The van der Waals surface area contributed by atoms with Crippen molar-refractivity contribution in [3.05, 3.63) is 0 Å². The highest BCUT2D eigenvalue weighted by Crippen LogP contribution is 2.30. The summed E-state index contributed by atoms with van der Waals surface area (Å²) >= 11 is 0. The van der Waals surface area contributed by atoms with Gasteiger partial charge in [0.15, 0.2) is 5.78 Å². The van der Waals surface area contributed by atoms with Gasteiger partial charge in [0, 0.05) is 6.42 Å². The van der Waals surface area contributed by atoms with Crippen LogP contribution in [-0.4, -0.2) is 17.0 Å². The molecule has 1 atom stereocenters. The van der Waals surface area contributed by atoms with E-state index in [2.05, 4.69) is 0 Å². The van der Waals surface area contributed by atoms with Gasteiger partial charge in [-0.1, -0.05) is 64.2 Å². The second-order valence-corrected chi connectivity index (χ2v) is 6.43. The molecule has 0 aromatic heterocycles. The van der Waals surface area contributed by atoms with Gasteiger partial charge in [-0.15, -0.1) is 0 Å². The largest absolute Gasteiger partial charge is 0.385 e. The first kappa shape index (κ1) is 14.0. The fourth-order valence-corrected chi connectivity index (χ4v) is 3.68. The lowest BCUT2D eigenvalue weighted by Crippen LogP contribution is -2.27. The third-order valence-electron chi connectivity index (χ3n) is 4.87. The number of aliphatic hydroxyl groups excluding tert-OH is 1. The number of carbonyl (C=O) groups excluding carboxylic acids is 1. The van der Waals surface area contributed by atoms with Crippen LogP contribution >= 0.6 is 0 Å². The Morgan fingerprint density at radius 2 is 1.39 bits per heavy atom. The topological polar surface area (TPSA) is 37.3 Å². The maximum atomic E-state index is 12.0. The highest BCUT2D eigenvalue weighted by atomic mass is 18.2. The van der Waals surface area contributed by atoms with Gasteiger partial charge in [0.2, 0.25) is 0 Å². The van der Waals surface area contributed by atoms with Crippen LogP contribution in [0, 0.1) is 11.8 Å². The molecule has 2 rings (SSSR count). The monoisotopic (exact) mass is 256 g/mol. The van der Waals surface area contributed by atoms with E-state index < -0.39 is 6.10 Å². The van der Waals surface area contributed by atoms with Crippen molar-refractivity contribution in [3.8, 4) is 0 Å². The molecule has 18 heavy (non-hydrogen) atoms. The molecule has 2 fully saturated rings. The van der Waals surface area contributed by atoms with E-state index in [1.165, 1.54) is 64.2 Å². The summed E-state index contributed by atoms with van der Waals surface area (Å²) in [5.74, 6) is 1.28. The third kappa shape index (κ3) is 4.38. The van der Waals surface area contributed by atoms with Crippen molar-refractivity contribution in [1.82, 2.24) is 0 Å². The van der Waals surface area contributed by atoms with E-state index in [0.717, 1.165) is 6.42 Å². The number of hydrogen-bond acceptors (Lipinski definition) is 2. The van der Waals surface area contributed by atoms with Gasteiger partial charge in [0.1, 0.15) is 6.10 Å². The average molecular weight is 256 g/mol. The second-order valence-electron chi connectivity index (χ2n) is 6.43. The van der Waals surface area contributed by atoms with E-state index in [1.807, 2.05) is 0 Å². The first-order valence-electron chi connectivity index (χ1n) is 7.96. The van der Waals surface area contributed by atoms with Crippen LogP contribution in [0.25, 0.3) is 0 Å². The number of hydrogen-bond donors (Lipinski definition) is 1. The van der Waals surface area contributed by atoms with Crippen LogP contribution in [0.4, 0.5) is 0 Å². The van der Waals surface area contributed by atoms with E-state index in [-0.39, 0.29) is 5.78 Å². The molecule has 0 amide bonds. The molecule has 0 radical (unpaired) electrons. The zero-order chi connectivity index (χ0) is 12.8. The van der Waals surface area contributed by atoms with Gasteiger partial charge in [0.05, 0.1) is 0 Å². The van der Waals surface area contributed by atoms with E-state index in [0.29, 0.717) is 18.3 Å². The number of Topliss-reactive ketones (excluding diaryl/α,β-unsaturated/α-hetero) is 1. The van der Waals surface area contributed by atoms with Gasteiger partial charge < -0.3 is 5.11 Å². The average Bonchev–Trinajstić information content (AvgIpc) is 2.41. The first-order valence-corrected chi connectivity index (χ1v) is 7.96. The number of aliphatic hydroxyl groups is 1. The number of rotatable bonds is 5. The lowest BCUT2D eigenvalue weighted by atomic mass is 9.82. The Labute approximate surface area is 111 Å². The minimum atomic E-state index is -0.671. The molecule has 0 aromatic rings. The molecule has 2 heteroatoms. The normalized spacial score (nSPS) is 24.9. The molecule has 2 nitrogen and oxygen atoms in total. The maximum absolute atomic E-state index is 12.0. The zero-order valence-corrected chi connectivity index (χ0v) is 11.6. The summed E-state index contributed by atoms with van der Waals surface area (Å²) in [6.45, 7) is 0. The minimum absolute atomic E-state index is 0.118. The summed E-state index contributed by atoms with van der Waals surface area (Å²) < 4.78 is 0. The summed E-state index contributed by atoms with van der Waals surface area (Å²) in [5, 5.41) is 10.1. The van der Waals surface area contributed by atoms with E-state index in [4.69, 9.17) is 0 Å². The van der Waals surface area contributed by atoms with Crippen LogP contribution in [0.3, 0.4) is 0 Å². The van der Waals surface area contributed by atoms with E-state index >= 15 is 0 Å². The molecule has 0 saturated heterocycles. The summed E-state index contributed by atoms with van der Waals surface area (Å²) in [4.78, 5) is 12.0. The standard InChI is InChI=1S/C16H28O2/c17-15(11-13-7-3-1-4-8-13)16(18)12-14-9-5-2-6-10-14/h13-15,17H,1-12H2/t15-/m0/s1/i17+2,18+2. The highest BCUT2D eigenvalue weighted by Gasteiger charge is 2.25. The predicted molar refractivity (Wildman–Crippen MR) is 73.4 cm³/mol. The summed E-state index contributed by atoms with van der Waals surface area (Å²) in [6, 6.07) is 0. The van der Waals surface area contributed by atoms with Crippen molar-refractivity contribution in [2.75, 3.05) is 0 Å². The molecular formula is C16H28O2. The smallest absolute Gasteiger partial charge is 0.161 e. The lowest BCUT2D eigenvalue weighted by molar-refractivity contribution is -0.129. The van der Waals surface area contributed by atoms with Crippen LogP contribution in [0.2, 0.25) is 0 Å². The molecule has 2 aliphatic carbocycles. The Morgan fingerprint density at radius 1 is 0.889 bits per heavy atom. The van der Waals surface area contributed by atoms with Crippen molar-refractivity contribution in [3.63, 3.8) is 0 Å². The second kappa shape index (κ2) is 7.28. The third-order valence-corrected chi connectivity index (χ3v) is 4.87. The van der Waals surface area contributed by atoms with Gasteiger partial charge >= 0.3 is 0 Å². The van der Waals surface area contributed by atoms with Crippen molar-refractivity contribution >= 4 is 5.78 Å². The molecule has 2 aliphatic rings. The molecular weight excluding hydrogens is 228 g/mol. The van der Waals surface area contributed by atoms with Crippen LogP contribution < -0.4 is 0 Å². The molecule has 0 unspecified atom stereocenters. The molecule has 0 spiro atoms. The molecule has 2 saturated carbocycles. The van der Waals surface area contributed by atoms with Gasteiger partial charge in [-0.2, -0.15) is 0 Å². The fraction of sp³-hybridized carbons (Fsp3) is 0.938. The molecule has 0 heterocycles. The van der Waals surface area contributed by atoms with Crippen LogP contribution in [0.5, 0.6) is 0 Å². The summed E-state index contributed by atoms with van der Waals surface area (Å²) in [7, 11) is 0. The molecule has 104 valence electrons. The van der Waals surface area contributed by atoms with Gasteiger partial charge in [-0.25, -0.2) is 0 Å². The minimum Gasteiger partial charge on any atom is -0.385 e. The zero-order valence-electron chi connectivity index (χ0n) is 11.6. The molecule has 0 aliphatic heterocycles. The highest BCUT2D eigenvalue weighted by molar-refractivity contribution is 5.83. The van der Waals surface area contributed by atoms with Crippen molar-refractivity contribution < 1.29 is 9.90 Å². The fourth-order valence-electron chi connectivity index (χ4n) is 3.68. The van der Waals surface area contributed by atoms with Crippen LogP contribution in [-0.2, 0) is 4.79 Å². The Kier molecular flexibility index (Phi) is 5.68. The van der Waals surface area contributed by atoms with Crippen molar-refractivity contribution in [2.24, 2.45) is 11.8 Å². The van der Waals surface area contributed by atoms with Gasteiger partial charge in [0.25, 0.3) is 0 Å². The Morgan fingerprint density at radius 3 is 1.94 bits per heavy atom. The van der Waals surface area contributed by atoms with E-state index in [1.54, 1.807) is 0 Å². The van der Waals surface area contributed by atoms with Crippen molar-refractivity contribution in [2.45, 2.75) is 83.2 Å². The Hall–Kier alpha value is -0.370. The SMILES string of the molecule is [18O]=C(CC1CCCCC1)[C@@H]([18OH])CC1CCCCC1. The molecule has 1 N–H and O–H groups in total. The Bertz CT molecular complexity index is 250.